The van der Waals surface area contributed by atoms with Crippen molar-refractivity contribution in [1.82, 2.24) is 14.5 Å². The zero-order valence-electron chi connectivity index (χ0n) is 10.4. The maximum atomic E-state index is 11.2. The van der Waals surface area contributed by atoms with Gasteiger partial charge in [-0.2, -0.15) is 0 Å². The number of ether oxygens (including phenoxy) is 1. The summed E-state index contributed by atoms with van der Waals surface area (Å²) in [5, 5.41) is 0.610. The van der Waals surface area contributed by atoms with E-state index in [0.717, 1.165) is 5.82 Å². The molecule has 0 aliphatic carbocycles. The minimum absolute atomic E-state index is 0.169. The van der Waals surface area contributed by atoms with Gasteiger partial charge >= 0.3 is 5.97 Å². The van der Waals surface area contributed by atoms with E-state index in [0.29, 0.717) is 31.3 Å². The molecule has 0 spiro atoms. The van der Waals surface area contributed by atoms with Crippen molar-refractivity contribution in [3.05, 3.63) is 17.2 Å². The van der Waals surface area contributed by atoms with Crippen LogP contribution in [0.5, 0.6) is 0 Å². The molecule has 0 saturated carbocycles. The molecule has 1 heterocycles. The van der Waals surface area contributed by atoms with E-state index in [1.807, 2.05) is 23.6 Å². The second-order valence-corrected chi connectivity index (χ2v) is 4.24. The average Bonchev–Trinajstić information content (AvgIpc) is 2.59. The predicted octanol–water partition coefficient (Wildman–Crippen LogP) is 1.46. The van der Waals surface area contributed by atoms with E-state index in [-0.39, 0.29) is 5.97 Å². The first-order valence-electron chi connectivity index (χ1n) is 5.54. The van der Waals surface area contributed by atoms with E-state index in [9.17, 15) is 4.79 Å². The zero-order valence-corrected chi connectivity index (χ0v) is 11.2. The van der Waals surface area contributed by atoms with Gasteiger partial charge in [-0.3, -0.25) is 9.69 Å². The van der Waals surface area contributed by atoms with Gasteiger partial charge in [-0.15, -0.1) is 0 Å². The van der Waals surface area contributed by atoms with Crippen molar-refractivity contribution >= 4 is 17.6 Å². The average molecular weight is 260 g/mol. The Balaban J connectivity index is 2.37. The number of nitrogens with zero attached hydrogens (tertiary/aromatic N) is 3. The van der Waals surface area contributed by atoms with Gasteiger partial charge in [0.15, 0.2) is 0 Å². The fourth-order valence-corrected chi connectivity index (χ4v) is 1.55. The molecule has 0 aliphatic rings. The van der Waals surface area contributed by atoms with Crippen LogP contribution in [0.1, 0.15) is 19.2 Å². The highest BCUT2D eigenvalue weighted by Gasteiger charge is 2.09. The monoisotopic (exact) mass is 259 g/mol. The summed E-state index contributed by atoms with van der Waals surface area (Å²) < 4.78 is 6.68. The number of rotatable bonds is 6. The third-order valence-electron chi connectivity index (χ3n) is 2.44. The molecule has 17 heavy (non-hydrogen) atoms. The first-order chi connectivity index (χ1) is 8.04. The lowest BCUT2D eigenvalue weighted by molar-refractivity contribution is -0.143. The van der Waals surface area contributed by atoms with E-state index in [1.165, 1.54) is 0 Å². The lowest BCUT2D eigenvalue weighted by atomic mass is 10.4. The molecular weight excluding hydrogens is 242 g/mol. The standard InChI is InChI=1S/C11H18ClN3O2/c1-4-17-11(16)5-6-14(2)8-10-13-7-9(12)15(10)3/h7H,4-6,8H2,1-3H3. The molecule has 1 rings (SSSR count). The number of carbonyl (C=O) groups excluding carboxylic acids is 1. The van der Waals surface area contributed by atoms with Crippen molar-refractivity contribution in [3.8, 4) is 0 Å². The second-order valence-electron chi connectivity index (χ2n) is 3.85. The largest absolute Gasteiger partial charge is 0.466 e. The van der Waals surface area contributed by atoms with Gasteiger partial charge in [-0.1, -0.05) is 11.6 Å². The Labute approximate surface area is 106 Å². The van der Waals surface area contributed by atoms with Crippen LogP contribution in [0.25, 0.3) is 0 Å². The molecular formula is C11H18ClN3O2. The number of aromatic nitrogens is 2. The quantitative estimate of drug-likeness (QED) is 0.726. The fraction of sp³-hybridized carbons (Fsp3) is 0.636. The lowest BCUT2D eigenvalue weighted by Gasteiger charge is -2.15. The SMILES string of the molecule is CCOC(=O)CCN(C)Cc1ncc(Cl)n1C. The highest BCUT2D eigenvalue weighted by molar-refractivity contribution is 6.29. The third-order valence-corrected chi connectivity index (χ3v) is 2.79. The van der Waals surface area contributed by atoms with Crippen LogP contribution >= 0.6 is 11.6 Å². The Morgan fingerprint density at radius 2 is 2.35 bits per heavy atom. The maximum Gasteiger partial charge on any atom is 0.307 e. The van der Waals surface area contributed by atoms with Crippen molar-refractivity contribution in [2.24, 2.45) is 7.05 Å². The molecule has 0 N–H and O–H groups in total. The Morgan fingerprint density at radius 3 is 2.88 bits per heavy atom. The van der Waals surface area contributed by atoms with Crippen LogP contribution in [0.3, 0.4) is 0 Å². The Bertz CT molecular complexity index is 379. The van der Waals surface area contributed by atoms with Gasteiger partial charge in [0, 0.05) is 13.6 Å². The van der Waals surface area contributed by atoms with Gasteiger partial charge in [-0.05, 0) is 14.0 Å². The molecule has 1 aromatic rings. The Hall–Kier alpha value is -1.07. The predicted molar refractivity (Wildman–Crippen MR) is 65.8 cm³/mol. The summed E-state index contributed by atoms with van der Waals surface area (Å²) in [6, 6.07) is 0. The van der Waals surface area contributed by atoms with E-state index >= 15 is 0 Å². The number of carbonyl (C=O) groups is 1. The molecule has 0 fully saturated rings. The van der Waals surface area contributed by atoms with Crippen LogP contribution in [0.15, 0.2) is 6.20 Å². The molecule has 0 saturated heterocycles. The molecule has 0 aromatic carbocycles. The molecule has 0 aliphatic heterocycles. The summed E-state index contributed by atoms with van der Waals surface area (Å²) in [5.74, 6) is 0.707. The summed E-state index contributed by atoms with van der Waals surface area (Å²) in [5.41, 5.74) is 0. The molecule has 1 aromatic heterocycles. The van der Waals surface area contributed by atoms with Gasteiger partial charge in [0.05, 0.1) is 25.8 Å². The van der Waals surface area contributed by atoms with E-state index in [4.69, 9.17) is 16.3 Å². The van der Waals surface area contributed by atoms with Crippen LogP contribution in [0.4, 0.5) is 0 Å². The molecule has 96 valence electrons. The summed E-state index contributed by atoms with van der Waals surface area (Å²) in [4.78, 5) is 17.4. The first kappa shape index (κ1) is 14.0. The van der Waals surface area contributed by atoms with Crippen LogP contribution in [-0.2, 0) is 23.1 Å². The minimum Gasteiger partial charge on any atom is -0.466 e. The van der Waals surface area contributed by atoms with Gasteiger partial charge < -0.3 is 9.30 Å². The van der Waals surface area contributed by atoms with Gasteiger partial charge in [0.2, 0.25) is 0 Å². The smallest absolute Gasteiger partial charge is 0.307 e. The van der Waals surface area contributed by atoms with E-state index in [2.05, 4.69) is 4.98 Å². The first-order valence-corrected chi connectivity index (χ1v) is 5.92. The number of imidazole rings is 1. The Morgan fingerprint density at radius 1 is 1.65 bits per heavy atom. The highest BCUT2D eigenvalue weighted by atomic mass is 35.5. The molecule has 0 atom stereocenters. The number of hydrogen-bond donors (Lipinski definition) is 0. The number of halogens is 1. The van der Waals surface area contributed by atoms with Gasteiger partial charge in [0.25, 0.3) is 0 Å². The Kier molecular flexibility index (Phi) is 5.44. The normalized spacial score (nSPS) is 10.9. The van der Waals surface area contributed by atoms with Crippen LogP contribution in [-0.4, -0.2) is 40.6 Å². The second kappa shape index (κ2) is 6.61. The van der Waals surface area contributed by atoms with Crippen molar-refractivity contribution < 1.29 is 9.53 Å². The molecule has 5 nitrogen and oxygen atoms in total. The third kappa shape index (κ3) is 4.36. The summed E-state index contributed by atoms with van der Waals surface area (Å²) in [6.45, 7) is 3.53. The molecule has 0 radical (unpaired) electrons. The topological polar surface area (TPSA) is 47.4 Å². The fourth-order valence-electron chi connectivity index (χ4n) is 1.41. The van der Waals surface area contributed by atoms with E-state index in [1.54, 1.807) is 13.1 Å². The van der Waals surface area contributed by atoms with Crippen molar-refractivity contribution in [3.63, 3.8) is 0 Å². The zero-order chi connectivity index (χ0) is 12.8. The van der Waals surface area contributed by atoms with Crippen molar-refractivity contribution in [2.45, 2.75) is 19.9 Å². The summed E-state index contributed by atoms with van der Waals surface area (Å²) in [6.07, 6.45) is 2.01. The van der Waals surface area contributed by atoms with Crippen LogP contribution < -0.4 is 0 Å². The molecule has 6 heteroatoms. The highest BCUT2D eigenvalue weighted by Crippen LogP contribution is 2.10. The van der Waals surface area contributed by atoms with Crippen molar-refractivity contribution in [1.29, 1.82) is 0 Å². The molecule has 0 unspecified atom stereocenters. The van der Waals surface area contributed by atoms with Crippen LogP contribution in [0.2, 0.25) is 5.15 Å². The van der Waals surface area contributed by atoms with Gasteiger partial charge in [-0.25, -0.2) is 4.98 Å². The number of esters is 1. The lowest BCUT2D eigenvalue weighted by Crippen LogP contribution is -2.23. The molecule has 0 bridgehead atoms. The van der Waals surface area contributed by atoms with Crippen LogP contribution in [0, 0.1) is 0 Å². The summed E-state index contributed by atoms with van der Waals surface area (Å²) >= 11 is 5.89. The summed E-state index contributed by atoms with van der Waals surface area (Å²) in [7, 11) is 3.80. The van der Waals surface area contributed by atoms with Gasteiger partial charge in [0.1, 0.15) is 11.0 Å². The number of hydrogen-bond acceptors (Lipinski definition) is 4. The minimum atomic E-state index is -0.169. The van der Waals surface area contributed by atoms with Crippen molar-refractivity contribution in [2.75, 3.05) is 20.2 Å². The molecule has 0 amide bonds. The maximum absolute atomic E-state index is 11.2. The van der Waals surface area contributed by atoms with E-state index < -0.39 is 0 Å².